The molecule has 0 fully saturated rings. The van der Waals surface area contributed by atoms with Crippen molar-refractivity contribution in [3.05, 3.63) is 29.3 Å². The van der Waals surface area contributed by atoms with Crippen LogP contribution < -0.4 is 0 Å². The van der Waals surface area contributed by atoms with Gasteiger partial charge < -0.3 is 5.11 Å². The zero-order valence-corrected chi connectivity index (χ0v) is 11.7. The van der Waals surface area contributed by atoms with Gasteiger partial charge in [-0.25, -0.2) is 0 Å². The predicted molar refractivity (Wildman–Crippen MR) is 73.4 cm³/mol. The van der Waals surface area contributed by atoms with E-state index in [1.54, 1.807) is 0 Å². The first-order valence-corrected chi connectivity index (χ1v) is 6.43. The average molecular weight is 235 g/mol. The molecule has 0 heterocycles. The smallest absolute Gasteiger partial charge is 0.123 e. The summed E-state index contributed by atoms with van der Waals surface area (Å²) in [6.07, 6.45) is 0. The van der Waals surface area contributed by atoms with Crippen LogP contribution in [0.2, 0.25) is 0 Å². The van der Waals surface area contributed by atoms with Crippen molar-refractivity contribution < 1.29 is 5.11 Å². The van der Waals surface area contributed by atoms with Crippen LogP contribution in [0.25, 0.3) is 0 Å². The number of nitrogens with zero attached hydrogens (tertiary/aromatic N) is 1. The maximum Gasteiger partial charge on any atom is 0.123 e. The number of aromatic hydroxyl groups is 1. The summed E-state index contributed by atoms with van der Waals surface area (Å²) in [5, 5.41) is 10.3. The number of benzene rings is 1. The van der Waals surface area contributed by atoms with Gasteiger partial charge in [0.2, 0.25) is 0 Å². The largest absolute Gasteiger partial charge is 0.507 e. The standard InChI is InChI=1S/C15H25NO/c1-6-16(7-2)11-12-9-8-10-13(14(12)17)15(3,4)5/h8-10,17H,6-7,11H2,1-5H3. The Morgan fingerprint density at radius 2 is 1.71 bits per heavy atom. The van der Waals surface area contributed by atoms with E-state index < -0.39 is 0 Å². The van der Waals surface area contributed by atoms with Crippen LogP contribution in [-0.4, -0.2) is 23.1 Å². The Morgan fingerprint density at radius 3 is 2.18 bits per heavy atom. The lowest BCUT2D eigenvalue weighted by Crippen LogP contribution is -2.22. The number of phenols is 1. The summed E-state index contributed by atoms with van der Waals surface area (Å²) < 4.78 is 0. The third kappa shape index (κ3) is 3.47. The van der Waals surface area contributed by atoms with Gasteiger partial charge in [0.05, 0.1) is 0 Å². The molecule has 2 nitrogen and oxygen atoms in total. The molecule has 0 atom stereocenters. The van der Waals surface area contributed by atoms with E-state index in [0.29, 0.717) is 5.75 Å². The van der Waals surface area contributed by atoms with Gasteiger partial charge in [0.25, 0.3) is 0 Å². The van der Waals surface area contributed by atoms with Gasteiger partial charge in [-0.1, -0.05) is 52.8 Å². The van der Waals surface area contributed by atoms with Crippen LogP contribution in [0.1, 0.15) is 45.7 Å². The molecule has 1 rings (SSSR count). The Bertz CT molecular complexity index is 362. The zero-order chi connectivity index (χ0) is 13.1. The highest BCUT2D eigenvalue weighted by Gasteiger charge is 2.20. The second kappa shape index (κ2) is 5.54. The van der Waals surface area contributed by atoms with E-state index in [4.69, 9.17) is 0 Å². The molecule has 0 saturated heterocycles. The van der Waals surface area contributed by atoms with Crippen molar-refractivity contribution in [3.63, 3.8) is 0 Å². The fourth-order valence-corrected chi connectivity index (χ4v) is 2.01. The van der Waals surface area contributed by atoms with E-state index in [9.17, 15) is 5.11 Å². The van der Waals surface area contributed by atoms with E-state index >= 15 is 0 Å². The van der Waals surface area contributed by atoms with E-state index in [-0.39, 0.29) is 5.41 Å². The molecule has 0 radical (unpaired) electrons. The predicted octanol–water partition coefficient (Wildman–Crippen LogP) is 3.53. The Labute approximate surface area is 105 Å². The van der Waals surface area contributed by atoms with Crippen LogP contribution >= 0.6 is 0 Å². The average Bonchev–Trinajstić information content (AvgIpc) is 2.26. The van der Waals surface area contributed by atoms with Crippen molar-refractivity contribution >= 4 is 0 Å². The van der Waals surface area contributed by atoms with E-state index in [1.807, 2.05) is 18.2 Å². The first kappa shape index (κ1) is 14.0. The number of para-hydroxylation sites is 1. The molecule has 0 bridgehead atoms. The highest BCUT2D eigenvalue weighted by molar-refractivity contribution is 5.43. The number of hydrogen-bond acceptors (Lipinski definition) is 2. The van der Waals surface area contributed by atoms with Gasteiger partial charge in [-0.3, -0.25) is 4.90 Å². The van der Waals surface area contributed by atoms with Crippen LogP contribution in [0.4, 0.5) is 0 Å². The van der Waals surface area contributed by atoms with Crippen molar-refractivity contribution in [1.29, 1.82) is 0 Å². The summed E-state index contributed by atoms with van der Waals surface area (Å²) in [5.74, 6) is 0.465. The minimum atomic E-state index is -0.0106. The van der Waals surface area contributed by atoms with Crippen molar-refractivity contribution in [2.24, 2.45) is 0 Å². The van der Waals surface area contributed by atoms with Crippen molar-refractivity contribution in [2.75, 3.05) is 13.1 Å². The van der Waals surface area contributed by atoms with Crippen LogP contribution in [0, 0.1) is 0 Å². The molecule has 1 aromatic rings. The summed E-state index contributed by atoms with van der Waals surface area (Å²) in [5.41, 5.74) is 2.05. The zero-order valence-electron chi connectivity index (χ0n) is 11.7. The Balaban J connectivity index is 3.02. The molecule has 2 heteroatoms. The molecule has 0 aliphatic heterocycles. The maximum atomic E-state index is 10.3. The van der Waals surface area contributed by atoms with Crippen LogP contribution in [-0.2, 0) is 12.0 Å². The van der Waals surface area contributed by atoms with E-state index in [0.717, 1.165) is 30.8 Å². The molecule has 0 amide bonds. The normalized spacial score (nSPS) is 12.1. The molecule has 0 unspecified atom stereocenters. The van der Waals surface area contributed by atoms with Gasteiger partial charge in [-0.2, -0.15) is 0 Å². The van der Waals surface area contributed by atoms with Gasteiger partial charge in [-0.05, 0) is 24.1 Å². The van der Waals surface area contributed by atoms with Gasteiger partial charge in [0.15, 0.2) is 0 Å². The van der Waals surface area contributed by atoms with Crippen molar-refractivity contribution in [1.82, 2.24) is 4.90 Å². The Hall–Kier alpha value is -1.02. The molecule has 0 saturated carbocycles. The van der Waals surface area contributed by atoms with E-state index in [2.05, 4.69) is 39.5 Å². The lowest BCUT2D eigenvalue weighted by atomic mass is 9.85. The first-order chi connectivity index (χ1) is 7.90. The minimum absolute atomic E-state index is 0.0106. The summed E-state index contributed by atoms with van der Waals surface area (Å²) >= 11 is 0. The van der Waals surface area contributed by atoms with Gasteiger partial charge in [-0.15, -0.1) is 0 Å². The monoisotopic (exact) mass is 235 g/mol. The molecule has 0 spiro atoms. The molecule has 0 aliphatic rings. The highest BCUT2D eigenvalue weighted by atomic mass is 16.3. The van der Waals surface area contributed by atoms with Gasteiger partial charge >= 0.3 is 0 Å². The number of hydrogen-bond donors (Lipinski definition) is 1. The molecule has 96 valence electrons. The summed E-state index contributed by atoms with van der Waals surface area (Å²) in [4.78, 5) is 2.31. The topological polar surface area (TPSA) is 23.5 Å². The number of rotatable bonds is 4. The molecule has 17 heavy (non-hydrogen) atoms. The Morgan fingerprint density at radius 1 is 1.12 bits per heavy atom. The molecule has 0 aromatic heterocycles. The van der Waals surface area contributed by atoms with Crippen LogP contribution in [0.5, 0.6) is 5.75 Å². The lowest BCUT2D eigenvalue weighted by Gasteiger charge is -2.24. The molecule has 1 N–H and O–H groups in total. The fourth-order valence-electron chi connectivity index (χ4n) is 2.01. The summed E-state index contributed by atoms with van der Waals surface area (Å²) in [7, 11) is 0. The summed E-state index contributed by atoms with van der Waals surface area (Å²) in [6.45, 7) is 13.5. The van der Waals surface area contributed by atoms with E-state index in [1.165, 1.54) is 0 Å². The SMILES string of the molecule is CCN(CC)Cc1cccc(C(C)(C)C)c1O. The lowest BCUT2D eigenvalue weighted by molar-refractivity contribution is 0.290. The third-order valence-corrected chi connectivity index (χ3v) is 3.22. The third-order valence-electron chi connectivity index (χ3n) is 3.22. The molecular weight excluding hydrogens is 210 g/mol. The maximum absolute atomic E-state index is 10.3. The second-order valence-electron chi connectivity index (χ2n) is 5.52. The fraction of sp³-hybridized carbons (Fsp3) is 0.600. The second-order valence-corrected chi connectivity index (χ2v) is 5.52. The molecule has 0 aliphatic carbocycles. The minimum Gasteiger partial charge on any atom is -0.507 e. The molecule has 1 aromatic carbocycles. The van der Waals surface area contributed by atoms with Gasteiger partial charge in [0, 0.05) is 12.1 Å². The quantitative estimate of drug-likeness (QED) is 0.863. The highest BCUT2D eigenvalue weighted by Crippen LogP contribution is 2.33. The first-order valence-electron chi connectivity index (χ1n) is 6.43. The Kier molecular flexibility index (Phi) is 4.58. The van der Waals surface area contributed by atoms with Gasteiger partial charge in [0.1, 0.15) is 5.75 Å². The van der Waals surface area contributed by atoms with Crippen LogP contribution in [0.3, 0.4) is 0 Å². The molecular formula is C15H25NO. The number of phenolic OH excluding ortho intramolecular Hbond substituents is 1. The van der Waals surface area contributed by atoms with Crippen LogP contribution in [0.15, 0.2) is 18.2 Å². The van der Waals surface area contributed by atoms with Crippen molar-refractivity contribution in [2.45, 2.75) is 46.6 Å². The summed E-state index contributed by atoms with van der Waals surface area (Å²) in [6, 6.07) is 6.07. The van der Waals surface area contributed by atoms with Crippen molar-refractivity contribution in [3.8, 4) is 5.75 Å².